The summed E-state index contributed by atoms with van der Waals surface area (Å²) in [5, 5.41) is 15.7. The van der Waals surface area contributed by atoms with Crippen LogP contribution in [-0.2, 0) is 11.2 Å². The molecule has 0 radical (unpaired) electrons. The molecule has 6 nitrogen and oxygen atoms in total. The molecule has 2 N–H and O–H groups in total. The van der Waals surface area contributed by atoms with E-state index in [1.54, 1.807) is 0 Å². The van der Waals surface area contributed by atoms with Gasteiger partial charge in [-0.05, 0) is 37.5 Å². The lowest BCUT2D eigenvalue weighted by molar-refractivity contribution is -0.136. The molecule has 2 rings (SSSR count). The molecule has 1 amide bonds. The molecule has 25 heavy (non-hydrogen) atoms. The molecule has 0 saturated carbocycles. The number of nitrogens with one attached hydrogen (secondary N) is 1. The number of anilines is 1. The summed E-state index contributed by atoms with van der Waals surface area (Å²) in [4.78, 5) is 23.1. The van der Waals surface area contributed by atoms with Gasteiger partial charge < -0.3 is 10.4 Å². The highest BCUT2D eigenvalue weighted by atomic mass is 19.1. The third-order valence-corrected chi connectivity index (χ3v) is 4.23. The van der Waals surface area contributed by atoms with Gasteiger partial charge in [-0.15, -0.1) is 0 Å². The Morgan fingerprint density at radius 3 is 2.56 bits per heavy atom. The van der Waals surface area contributed by atoms with Crippen molar-refractivity contribution in [3.63, 3.8) is 0 Å². The summed E-state index contributed by atoms with van der Waals surface area (Å²) in [5.74, 6) is -2.15. The van der Waals surface area contributed by atoms with E-state index in [1.165, 1.54) is 18.3 Å². The van der Waals surface area contributed by atoms with Crippen molar-refractivity contribution in [2.24, 2.45) is 0 Å². The topological polar surface area (TPSA) is 84.2 Å². The van der Waals surface area contributed by atoms with Gasteiger partial charge in [0, 0.05) is 11.4 Å². The second-order valence-electron chi connectivity index (χ2n) is 5.89. The molecule has 2 aromatic rings. The first-order chi connectivity index (χ1) is 11.9. The molecule has 0 unspecified atom stereocenters. The monoisotopic (exact) mass is 347 g/mol. The molecule has 0 atom stereocenters. The number of benzene rings is 1. The SMILES string of the molecule is CCC(CC)n1ncc(C(=O)Nc2ccc(CC(=O)O)c(F)c2)c1C. The fourth-order valence-electron chi connectivity index (χ4n) is 2.78. The van der Waals surface area contributed by atoms with Crippen molar-refractivity contribution in [2.45, 2.75) is 46.1 Å². The number of carbonyl (C=O) groups excluding carboxylic acids is 1. The van der Waals surface area contributed by atoms with Crippen molar-refractivity contribution in [3.05, 3.63) is 47.0 Å². The summed E-state index contributed by atoms with van der Waals surface area (Å²) in [7, 11) is 0. The van der Waals surface area contributed by atoms with Crippen molar-refractivity contribution < 1.29 is 19.1 Å². The Kier molecular flexibility index (Phi) is 5.90. The van der Waals surface area contributed by atoms with Gasteiger partial charge in [-0.2, -0.15) is 5.10 Å². The van der Waals surface area contributed by atoms with E-state index in [-0.39, 0.29) is 23.2 Å². The van der Waals surface area contributed by atoms with Crippen molar-refractivity contribution in [3.8, 4) is 0 Å². The van der Waals surface area contributed by atoms with Crippen LogP contribution in [0.2, 0.25) is 0 Å². The van der Waals surface area contributed by atoms with Crippen LogP contribution >= 0.6 is 0 Å². The highest BCUT2D eigenvalue weighted by Crippen LogP contribution is 2.21. The molecule has 1 aromatic heterocycles. The molecule has 0 aliphatic heterocycles. The first-order valence-electron chi connectivity index (χ1n) is 8.23. The average Bonchev–Trinajstić information content (AvgIpc) is 2.93. The third-order valence-electron chi connectivity index (χ3n) is 4.23. The second kappa shape index (κ2) is 7.92. The predicted molar refractivity (Wildman–Crippen MR) is 92.3 cm³/mol. The minimum absolute atomic E-state index is 0.0724. The molecule has 0 saturated heterocycles. The normalized spacial score (nSPS) is 10.9. The highest BCUT2D eigenvalue weighted by Gasteiger charge is 2.18. The van der Waals surface area contributed by atoms with E-state index in [0.29, 0.717) is 5.56 Å². The molecular formula is C18H22FN3O3. The van der Waals surface area contributed by atoms with Crippen molar-refractivity contribution in [2.75, 3.05) is 5.32 Å². The van der Waals surface area contributed by atoms with Crippen molar-refractivity contribution in [1.82, 2.24) is 9.78 Å². The van der Waals surface area contributed by atoms with Gasteiger partial charge in [0.15, 0.2) is 0 Å². The smallest absolute Gasteiger partial charge is 0.307 e. The zero-order valence-corrected chi connectivity index (χ0v) is 14.5. The van der Waals surface area contributed by atoms with E-state index in [2.05, 4.69) is 24.3 Å². The van der Waals surface area contributed by atoms with Crippen LogP contribution in [-0.4, -0.2) is 26.8 Å². The van der Waals surface area contributed by atoms with Gasteiger partial charge in [0.2, 0.25) is 0 Å². The Morgan fingerprint density at radius 1 is 1.32 bits per heavy atom. The predicted octanol–water partition coefficient (Wildman–Crippen LogP) is 3.57. The summed E-state index contributed by atoms with van der Waals surface area (Å²) in [6, 6.07) is 4.20. The maximum Gasteiger partial charge on any atom is 0.307 e. The lowest BCUT2D eigenvalue weighted by Crippen LogP contribution is -2.15. The zero-order chi connectivity index (χ0) is 18.6. The molecule has 0 bridgehead atoms. The zero-order valence-electron chi connectivity index (χ0n) is 14.5. The molecule has 134 valence electrons. The molecular weight excluding hydrogens is 325 g/mol. The Bertz CT molecular complexity index is 782. The van der Waals surface area contributed by atoms with Crippen molar-refractivity contribution >= 4 is 17.6 Å². The van der Waals surface area contributed by atoms with Crippen LogP contribution in [0.1, 0.15) is 54.3 Å². The first kappa shape index (κ1) is 18.6. The number of nitrogens with zero attached hydrogens (tertiary/aromatic N) is 2. The summed E-state index contributed by atoms with van der Waals surface area (Å²) >= 11 is 0. The van der Waals surface area contributed by atoms with Crippen LogP contribution < -0.4 is 5.32 Å². The molecule has 1 heterocycles. The minimum atomic E-state index is -1.11. The van der Waals surface area contributed by atoms with Gasteiger partial charge >= 0.3 is 5.97 Å². The van der Waals surface area contributed by atoms with E-state index in [9.17, 15) is 14.0 Å². The van der Waals surface area contributed by atoms with Crippen LogP contribution in [0, 0.1) is 12.7 Å². The molecule has 0 aliphatic carbocycles. The maximum absolute atomic E-state index is 13.9. The number of aromatic nitrogens is 2. The number of amides is 1. The Labute approximate surface area is 145 Å². The maximum atomic E-state index is 13.9. The van der Waals surface area contributed by atoms with Crippen LogP contribution in [0.3, 0.4) is 0 Å². The van der Waals surface area contributed by atoms with Crippen molar-refractivity contribution in [1.29, 1.82) is 0 Å². The molecule has 1 aromatic carbocycles. The number of carboxylic acid groups (broad SMARTS) is 1. The van der Waals surface area contributed by atoms with Gasteiger partial charge in [-0.25, -0.2) is 4.39 Å². The largest absolute Gasteiger partial charge is 0.481 e. The minimum Gasteiger partial charge on any atom is -0.481 e. The first-order valence-corrected chi connectivity index (χ1v) is 8.23. The van der Waals surface area contributed by atoms with Gasteiger partial charge in [-0.1, -0.05) is 19.9 Å². The number of hydrogen-bond acceptors (Lipinski definition) is 3. The second-order valence-corrected chi connectivity index (χ2v) is 5.89. The number of halogens is 1. The van der Waals surface area contributed by atoms with Gasteiger partial charge in [0.05, 0.1) is 24.2 Å². The molecule has 0 fully saturated rings. The number of rotatable bonds is 7. The van der Waals surface area contributed by atoms with E-state index in [1.807, 2.05) is 11.6 Å². The Balaban J connectivity index is 2.17. The fraction of sp³-hybridized carbons (Fsp3) is 0.389. The number of carbonyl (C=O) groups is 2. The van der Waals surface area contributed by atoms with Gasteiger partial charge in [0.1, 0.15) is 5.82 Å². The van der Waals surface area contributed by atoms with Crippen LogP contribution in [0.25, 0.3) is 0 Å². The van der Waals surface area contributed by atoms with E-state index in [4.69, 9.17) is 5.11 Å². The van der Waals surface area contributed by atoms with Gasteiger partial charge in [0.25, 0.3) is 5.91 Å². The lowest BCUT2D eigenvalue weighted by Gasteiger charge is -2.15. The molecule has 7 heteroatoms. The lowest BCUT2D eigenvalue weighted by atomic mass is 10.1. The highest BCUT2D eigenvalue weighted by molar-refractivity contribution is 6.04. The van der Waals surface area contributed by atoms with E-state index >= 15 is 0 Å². The third kappa shape index (κ3) is 4.23. The van der Waals surface area contributed by atoms with E-state index in [0.717, 1.165) is 24.6 Å². The molecule has 0 spiro atoms. The Hall–Kier alpha value is -2.70. The summed E-state index contributed by atoms with van der Waals surface area (Å²) < 4.78 is 15.8. The molecule has 0 aliphatic rings. The average molecular weight is 347 g/mol. The number of hydrogen-bond donors (Lipinski definition) is 2. The summed E-state index contributed by atoms with van der Waals surface area (Å²) in [6.45, 7) is 5.96. The number of aliphatic carboxylic acids is 1. The van der Waals surface area contributed by atoms with Crippen LogP contribution in [0.5, 0.6) is 0 Å². The standard InChI is InChI=1S/C18H22FN3O3/c1-4-14(5-2)22-11(3)15(10-20-22)18(25)21-13-7-6-12(8-17(23)24)16(19)9-13/h6-7,9-10,14H,4-5,8H2,1-3H3,(H,21,25)(H,23,24). The van der Waals surface area contributed by atoms with Crippen LogP contribution in [0.15, 0.2) is 24.4 Å². The van der Waals surface area contributed by atoms with Crippen LogP contribution in [0.4, 0.5) is 10.1 Å². The van der Waals surface area contributed by atoms with Gasteiger partial charge in [-0.3, -0.25) is 14.3 Å². The number of carboxylic acids is 1. The Morgan fingerprint density at radius 2 is 2.00 bits per heavy atom. The summed E-state index contributed by atoms with van der Waals surface area (Å²) in [6.07, 6.45) is 2.94. The van der Waals surface area contributed by atoms with E-state index < -0.39 is 18.2 Å². The quantitative estimate of drug-likeness (QED) is 0.802. The summed E-state index contributed by atoms with van der Waals surface area (Å²) in [5.41, 5.74) is 1.53. The fourth-order valence-corrected chi connectivity index (χ4v) is 2.78.